The molecule has 1 atom stereocenters. The van der Waals surface area contributed by atoms with Gasteiger partial charge in [0.1, 0.15) is 24.2 Å². The fourth-order valence-electron chi connectivity index (χ4n) is 3.65. The Kier molecular flexibility index (Phi) is 9.82. The van der Waals surface area contributed by atoms with Crippen LogP contribution >= 0.6 is 11.6 Å². The predicted octanol–water partition coefficient (Wildman–Crippen LogP) is 4.76. The van der Waals surface area contributed by atoms with Gasteiger partial charge in [-0.1, -0.05) is 48.9 Å². The summed E-state index contributed by atoms with van der Waals surface area (Å²) in [5, 5.41) is 2.41. The third kappa shape index (κ3) is 7.08. The third-order valence-electron chi connectivity index (χ3n) is 5.78. The molecule has 1 N–H and O–H groups in total. The van der Waals surface area contributed by atoms with Gasteiger partial charge in [0.25, 0.3) is 10.0 Å². The molecule has 38 heavy (non-hydrogen) atoms. The molecule has 0 aliphatic rings. The number of hydrogen-bond donors (Lipinski definition) is 1. The summed E-state index contributed by atoms with van der Waals surface area (Å²) in [7, 11) is -4.30. The lowest BCUT2D eigenvalue weighted by molar-refractivity contribution is -0.139. The average Bonchev–Trinajstić information content (AvgIpc) is 2.91. The molecule has 3 aromatic rings. The molecule has 0 unspecified atom stereocenters. The lowest BCUT2D eigenvalue weighted by atomic mass is 10.1. The highest BCUT2D eigenvalue weighted by Gasteiger charge is 2.32. The molecule has 0 saturated carbocycles. The Bertz CT molecular complexity index is 1370. The number of amides is 2. The van der Waals surface area contributed by atoms with Crippen LogP contribution in [-0.2, 0) is 26.2 Å². The Hall–Kier alpha value is -3.50. The quantitative estimate of drug-likeness (QED) is 0.364. The molecule has 0 fully saturated rings. The van der Waals surface area contributed by atoms with Crippen LogP contribution in [0.1, 0.15) is 25.8 Å². The summed E-state index contributed by atoms with van der Waals surface area (Å²) in [4.78, 5) is 27.6. The summed E-state index contributed by atoms with van der Waals surface area (Å²) in [5.74, 6) is -2.34. The van der Waals surface area contributed by atoms with Gasteiger partial charge in [-0.25, -0.2) is 17.2 Å². The van der Waals surface area contributed by atoms with Crippen molar-refractivity contribution >= 4 is 39.1 Å². The molecular weight excluding hydrogens is 536 g/mol. The first-order chi connectivity index (χ1) is 18.0. The first-order valence-electron chi connectivity index (χ1n) is 11.9. The minimum absolute atomic E-state index is 0.0292. The van der Waals surface area contributed by atoms with Gasteiger partial charge in [-0.05, 0) is 61.4 Å². The van der Waals surface area contributed by atoms with E-state index in [1.54, 1.807) is 6.07 Å². The number of sulfonamides is 1. The van der Waals surface area contributed by atoms with Crippen LogP contribution in [0.3, 0.4) is 0 Å². The summed E-state index contributed by atoms with van der Waals surface area (Å²) in [5.41, 5.74) is 0.510. The highest BCUT2D eigenvalue weighted by molar-refractivity contribution is 7.92. The summed E-state index contributed by atoms with van der Waals surface area (Å²) < 4.78 is 55.4. The molecule has 3 aromatic carbocycles. The zero-order chi connectivity index (χ0) is 27.9. The first-order valence-corrected chi connectivity index (χ1v) is 13.7. The summed E-state index contributed by atoms with van der Waals surface area (Å²) in [6, 6.07) is 15.2. The van der Waals surface area contributed by atoms with Gasteiger partial charge in [0, 0.05) is 13.1 Å². The standard InChI is InChI=1S/C27H28ClF2N3O4S/c1-3-15-31-27(35)19(2)32(17-20-9-11-21(29)12-10-20)26(34)18-33(22-13-14-25(30)24(28)16-22)38(36,37)23-7-5-4-6-8-23/h4-14,16,19H,3,15,17-18H2,1-2H3,(H,31,35)/t19-/m0/s1. The molecule has 3 rings (SSSR count). The maximum atomic E-state index is 13.9. The van der Waals surface area contributed by atoms with E-state index in [0.29, 0.717) is 18.5 Å². The van der Waals surface area contributed by atoms with Gasteiger partial charge in [0.15, 0.2) is 0 Å². The number of hydrogen-bond acceptors (Lipinski definition) is 4. The van der Waals surface area contributed by atoms with E-state index in [1.807, 2.05) is 6.92 Å². The molecule has 0 aliphatic heterocycles. The van der Waals surface area contributed by atoms with E-state index in [9.17, 15) is 26.8 Å². The fraction of sp³-hybridized carbons (Fsp3) is 0.259. The van der Waals surface area contributed by atoms with E-state index in [4.69, 9.17) is 11.6 Å². The Balaban J connectivity index is 2.02. The number of benzene rings is 3. The number of nitrogens with zero attached hydrogens (tertiary/aromatic N) is 2. The van der Waals surface area contributed by atoms with Crippen molar-refractivity contribution in [3.8, 4) is 0 Å². The number of rotatable bonds is 11. The normalized spacial score (nSPS) is 12.0. The van der Waals surface area contributed by atoms with Crippen molar-refractivity contribution in [3.63, 3.8) is 0 Å². The second-order valence-electron chi connectivity index (χ2n) is 8.54. The van der Waals surface area contributed by atoms with Crippen LogP contribution in [0.25, 0.3) is 0 Å². The molecule has 0 aliphatic carbocycles. The molecule has 11 heteroatoms. The molecule has 0 heterocycles. The third-order valence-corrected chi connectivity index (χ3v) is 7.86. The van der Waals surface area contributed by atoms with Gasteiger partial charge >= 0.3 is 0 Å². The summed E-state index contributed by atoms with van der Waals surface area (Å²) in [6.07, 6.45) is 0.679. The van der Waals surface area contributed by atoms with Crippen LogP contribution in [0, 0.1) is 11.6 Å². The van der Waals surface area contributed by atoms with E-state index >= 15 is 0 Å². The van der Waals surface area contributed by atoms with Gasteiger partial charge in [-0.15, -0.1) is 0 Å². The van der Waals surface area contributed by atoms with Crippen molar-refractivity contribution < 1.29 is 26.8 Å². The number of carbonyl (C=O) groups excluding carboxylic acids is 2. The molecule has 0 bridgehead atoms. The van der Waals surface area contributed by atoms with Crippen LogP contribution in [0.5, 0.6) is 0 Å². The molecule has 2 amide bonds. The molecule has 0 spiro atoms. The zero-order valence-corrected chi connectivity index (χ0v) is 22.5. The van der Waals surface area contributed by atoms with Crippen LogP contribution < -0.4 is 9.62 Å². The van der Waals surface area contributed by atoms with E-state index in [0.717, 1.165) is 16.4 Å². The van der Waals surface area contributed by atoms with Gasteiger partial charge in [-0.2, -0.15) is 0 Å². The van der Waals surface area contributed by atoms with Gasteiger partial charge < -0.3 is 10.2 Å². The number of nitrogens with one attached hydrogen (secondary N) is 1. The van der Waals surface area contributed by atoms with E-state index in [2.05, 4.69) is 5.32 Å². The van der Waals surface area contributed by atoms with Crippen LogP contribution in [0.2, 0.25) is 5.02 Å². The van der Waals surface area contributed by atoms with Crippen molar-refractivity contribution in [1.29, 1.82) is 0 Å². The fourth-order valence-corrected chi connectivity index (χ4v) is 5.26. The minimum atomic E-state index is -4.30. The summed E-state index contributed by atoms with van der Waals surface area (Å²) in [6.45, 7) is 3.02. The second kappa shape index (κ2) is 12.8. The molecule has 202 valence electrons. The first kappa shape index (κ1) is 29.1. The molecule has 0 radical (unpaired) electrons. The largest absolute Gasteiger partial charge is 0.354 e. The second-order valence-corrected chi connectivity index (χ2v) is 10.8. The van der Waals surface area contributed by atoms with Gasteiger partial charge in [0.05, 0.1) is 15.6 Å². The highest BCUT2D eigenvalue weighted by Crippen LogP contribution is 2.28. The molecule has 7 nitrogen and oxygen atoms in total. The SMILES string of the molecule is CCCNC(=O)[C@H](C)N(Cc1ccc(F)cc1)C(=O)CN(c1ccc(F)c(Cl)c1)S(=O)(=O)c1ccccc1. The maximum Gasteiger partial charge on any atom is 0.264 e. The van der Waals surface area contributed by atoms with Crippen molar-refractivity contribution in [2.24, 2.45) is 0 Å². The Morgan fingerprint density at radius 2 is 1.66 bits per heavy atom. The van der Waals surface area contributed by atoms with Gasteiger partial charge in [0.2, 0.25) is 11.8 Å². The van der Waals surface area contributed by atoms with E-state index < -0.39 is 46.1 Å². The molecule has 0 saturated heterocycles. The Morgan fingerprint density at radius 1 is 1.00 bits per heavy atom. The topological polar surface area (TPSA) is 86.8 Å². The van der Waals surface area contributed by atoms with E-state index in [-0.39, 0.29) is 22.2 Å². The van der Waals surface area contributed by atoms with Crippen molar-refractivity contribution in [3.05, 3.63) is 95.0 Å². The van der Waals surface area contributed by atoms with E-state index in [1.165, 1.54) is 66.4 Å². The summed E-state index contributed by atoms with van der Waals surface area (Å²) >= 11 is 5.94. The van der Waals surface area contributed by atoms with Gasteiger partial charge in [-0.3, -0.25) is 13.9 Å². The minimum Gasteiger partial charge on any atom is -0.354 e. The Morgan fingerprint density at radius 3 is 2.26 bits per heavy atom. The van der Waals surface area contributed by atoms with Crippen LogP contribution in [-0.4, -0.2) is 44.3 Å². The highest BCUT2D eigenvalue weighted by atomic mass is 35.5. The lowest BCUT2D eigenvalue weighted by Gasteiger charge is -2.32. The monoisotopic (exact) mass is 563 g/mol. The van der Waals surface area contributed by atoms with Crippen LogP contribution in [0.15, 0.2) is 77.7 Å². The number of carbonyl (C=O) groups is 2. The lowest BCUT2D eigenvalue weighted by Crippen LogP contribution is -2.51. The van der Waals surface area contributed by atoms with Crippen LogP contribution in [0.4, 0.5) is 14.5 Å². The predicted molar refractivity (Wildman–Crippen MR) is 142 cm³/mol. The smallest absolute Gasteiger partial charge is 0.264 e. The molecular formula is C27H28ClF2N3O4S. The van der Waals surface area contributed by atoms with Crippen molar-refractivity contribution in [2.75, 3.05) is 17.4 Å². The average molecular weight is 564 g/mol. The van der Waals surface area contributed by atoms with Crippen molar-refractivity contribution in [1.82, 2.24) is 10.2 Å². The maximum absolute atomic E-state index is 13.9. The van der Waals surface area contributed by atoms with Crippen molar-refractivity contribution in [2.45, 2.75) is 37.8 Å². The Labute approximate surface area is 226 Å². The number of halogens is 3. The number of anilines is 1. The molecule has 0 aromatic heterocycles. The zero-order valence-electron chi connectivity index (χ0n) is 20.9.